The first kappa shape index (κ1) is 16.9. The second-order valence-corrected chi connectivity index (χ2v) is 6.42. The van der Waals surface area contributed by atoms with Gasteiger partial charge in [0.25, 0.3) is 0 Å². The van der Waals surface area contributed by atoms with Crippen molar-refractivity contribution in [2.75, 3.05) is 18.4 Å². The topological polar surface area (TPSA) is 75.4 Å². The number of amides is 2. The minimum atomic E-state index is -0.484. The van der Waals surface area contributed by atoms with E-state index in [2.05, 4.69) is 21.2 Å². The van der Waals surface area contributed by atoms with E-state index in [0.29, 0.717) is 30.4 Å². The zero-order chi connectivity index (χ0) is 16.3. The van der Waals surface area contributed by atoms with Gasteiger partial charge in [0.15, 0.2) is 0 Å². The van der Waals surface area contributed by atoms with Crippen LogP contribution < -0.4 is 11.1 Å². The third kappa shape index (κ3) is 4.04. The van der Waals surface area contributed by atoms with Gasteiger partial charge in [0, 0.05) is 10.4 Å². The molecule has 1 fully saturated rings. The molecule has 120 valence electrons. The Hall–Kier alpha value is -1.47. The maximum Gasteiger partial charge on any atom is 0.241 e. The monoisotopic (exact) mass is 371 g/mol. The van der Waals surface area contributed by atoms with E-state index in [0.717, 1.165) is 0 Å². The summed E-state index contributed by atoms with van der Waals surface area (Å²) in [5, 5.41) is 2.60. The summed E-state index contributed by atoms with van der Waals surface area (Å²) in [4.78, 5) is 25.4. The molecular weight excluding hydrogens is 353 g/mol. The fraction of sp³-hybridized carbons (Fsp3) is 0.467. The van der Waals surface area contributed by atoms with E-state index in [1.165, 1.54) is 12.1 Å². The molecule has 0 spiro atoms. The van der Waals surface area contributed by atoms with Crippen molar-refractivity contribution in [3.05, 3.63) is 28.5 Å². The van der Waals surface area contributed by atoms with E-state index >= 15 is 0 Å². The van der Waals surface area contributed by atoms with Crippen LogP contribution in [0.25, 0.3) is 0 Å². The Morgan fingerprint density at radius 2 is 2.05 bits per heavy atom. The Balaban J connectivity index is 1.94. The van der Waals surface area contributed by atoms with Crippen molar-refractivity contribution in [3.8, 4) is 0 Å². The summed E-state index contributed by atoms with van der Waals surface area (Å²) in [6.07, 6.45) is 1.30. The molecule has 7 heteroatoms. The summed E-state index contributed by atoms with van der Waals surface area (Å²) < 4.78 is 14.4. The van der Waals surface area contributed by atoms with Crippen LogP contribution in [0, 0.1) is 11.7 Å². The van der Waals surface area contributed by atoms with Crippen LogP contribution in [0.4, 0.5) is 10.1 Å². The van der Waals surface area contributed by atoms with Gasteiger partial charge in [-0.3, -0.25) is 14.5 Å². The SMILES string of the molecule is C[C@H](C(=O)Nc1ccc(Br)cc1F)N1CCC(C(N)=O)CC1. The molecule has 1 saturated heterocycles. The zero-order valence-electron chi connectivity index (χ0n) is 12.3. The van der Waals surface area contributed by atoms with Crippen LogP contribution in [-0.4, -0.2) is 35.8 Å². The van der Waals surface area contributed by atoms with Gasteiger partial charge >= 0.3 is 0 Å². The average Bonchev–Trinajstić information content (AvgIpc) is 2.49. The second kappa shape index (κ2) is 7.19. The van der Waals surface area contributed by atoms with E-state index in [4.69, 9.17) is 5.73 Å². The number of hydrogen-bond acceptors (Lipinski definition) is 3. The highest BCUT2D eigenvalue weighted by Gasteiger charge is 2.28. The van der Waals surface area contributed by atoms with Crippen molar-refractivity contribution in [2.24, 2.45) is 11.7 Å². The molecule has 2 rings (SSSR count). The first-order valence-electron chi connectivity index (χ1n) is 7.17. The number of carbonyl (C=O) groups is 2. The number of piperidine rings is 1. The molecule has 1 aliphatic rings. The number of nitrogens with one attached hydrogen (secondary N) is 1. The predicted molar refractivity (Wildman–Crippen MR) is 85.7 cm³/mol. The van der Waals surface area contributed by atoms with Crippen molar-refractivity contribution < 1.29 is 14.0 Å². The number of halogens is 2. The number of likely N-dealkylation sites (tertiary alicyclic amines) is 1. The summed E-state index contributed by atoms with van der Waals surface area (Å²) >= 11 is 3.17. The molecule has 1 atom stereocenters. The number of anilines is 1. The lowest BCUT2D eigenvalue weighted by Crippen LogP contribution is -2.47. The number of hydrogen-bond donors (Lipinski definition) is 2. The molecule has 1 aromatic rings. The molecule has 5 nitrogen and oxygen atoms in total. The smallest absolute Gasteiger partial charge is 0.241 e. The minimum absolute atomic E-state index is 0.115. The van der Waals surface area contributed by atoms with E-state index in [-0.39, 0.29) is 23.4 Å². The van der Waals surface area contributed by atoms with Gasteiger partial charge in [0.05, 0.1) is 11.7 Å². The molecular formula is C15H19BrFN3O2. The van der Waals surface area contributed by atoms with Crippen molar-refractivity contribution in [2.45, 2.75) is 25.8 Å². The summed E-state index contributed by atoms with van der Waals surface area (Å²) in [7, 11) is 0. The van der Waals surface area contributed by atoms with Crippen molar-refractivity contribution in [1.82, 2.24) is 4.90 Å². The highest BCUT2D eigenvalue weighted by Crippen LogP contribution is 2.21. The second-order valence-electron chi connectivity index (χ2n) is 5.50. The fourth-order valence-corrected chi connectivity index (χ4v) is 2.90. The van der Waals surface area contributed by atoms with Gasteiger partial charge in [0.1, 0.15) is 5.82 Å². The predicted octanol–water partition coefficient (Wildman–Crippen LogP) is 2.11. The summed E-state index contributed by atoms with van der Waals surface area (Å²) in [6, 6.07) is 4.10. The summed E-state index contributed by atoms with van der Waals surface area (Å²) in [6.45, 7) is 3.03. The Morgan fingerprint density at radius 1 is 1.41 bits per heavy atom. The summed E-state index contributed by atoms with van der Waals surface area (Å²) in [5.74, 6) is -1.15. The van der Waals surface area contributed by atoms with Crippen LogP contribution in [0.2, 0.25) is 0 Å². The van der Waals surface area contributed by atoms with E-state index in [1.807, 2.05) is 4.90 Å². The molecule has 2 amide bonds. The molecule has 0 saturated carbocycles. The number of primary amides is 1. The van der Waals surface area contributed by atoms with Crippen LogP contribution in [0.1, 0.15) is 19.8 Å². The number of nitrogens with two attached hydrogens (primary N) is 1. The van der Waals surface area contributed by atoms with Crippen molar-refractivity contribution >= 4 is 33.4 Å². The maximum atomic E-state index is 13.7. The van der Waals surface area contributed by atoms with E-state index in [1.54, 1.807) is 13.0 Å². The lowest BCUT2D eigenvalue weighted by atomic mass is 9.95. The normalized spacial score (nSPS) is 18.0. The lowest BCUT2D eigenvalue weighted by Gasteiger charge is -2.34. The fourth-order valence-electron chi connectivity index (χ4n) is 2.57. The molecule has 1 aliphatic heterocycles. The molecule has 0 radical (unpaired) electrons. The number of carbonyl (C=O) groups excluding carboxylic acids is 2. The van der Waals surface area contributed by atoms with Gasteiger partial charge in [-0.05, 0) is 51.1 Å². The highest BCUT2D eigenvalue weighted by molar-refractivity contribution is 9.10. The van der Waals surface area contributed by atoms with E-state index in [9.17, 15) is 14.0 Å². The summed E-state index contributed by atoms with van der Waals surface area (Å²) in [5.41, 5.74) is 5.46. The Morgan fingerprint density at radius 3 is 2.59 bits per heavy atom. The van der Waals surface area contributed by atoms with Crippen LogP contribution in [0.5, 0.6) is 0 Å². The van der Waals surface area contributed by atoms with Gasteiger partial charge in [-0.25, -0.2) is 4.39 Å². The number of benzene rings is 1. The number of rotatable bonds is 4. The quantitative estimate of drug-likeness (QED) is 0.850. The molecule has 0 bridgehead atoms. The largest absolute Gasteiger partial charge is 0.369 e. The van der Waals surface area contributed by atoms with Gasteiger partial charge < -0.3 is 11.1 Å². The van der Waals surface area contributed by atoms with Gasteiger partial charge in [-0.2, -0.15) is 0 Å². The third-order valence-electron chi connectivity index (χ3n) is 4.05. The molecule has 3 N–H and O–H groups in total. The standard InChI is InChI=1S/C15H19BrFN3O2/c1-9(20-6-4-10(5-7-20)14(18)21)15(22)19-13-3-2-11(16)8-12(13)17/h2-3,8-10H,4-7H2,1H3,(H2,18,21)(H,19,22)/t9-/m1/s1. The Bertz CT molecular complexity index is 574. The third-order valence-corrected chi connectivity index (χ3v) is 4.54. The Labute approximate surface area is 137 Å². The van der Waals surface area contributed by atoms with E-state index < -0.39 is 11.9 Å². The molecule has 0 aliphatic carbocycles. The van der Waals surface area contributed by atoms with Gasteiger partial charge in [-0.1, -0.05) is 15.9 Å². The molecule has 22 heavy (non-hydrogen) atoms. The number of nitrogens with zero attached hydrogens (tertiary/aromatic N) is 1. The van der Waals surface area contributed by atoms with Gasteiger partial charge in [-0.15, -0.1) is 0 Å². The van der Waals surface area contributed by atoms with Crippen molar-refractivity contribution in [3.63, 3.8) is 0 Å². The minimum Gasteiger partial charge on any atom is -0.369 e. The van der Waals surface area contributed by atoms with Crippen LogP contribution in [0.15, 0.2) is 22.7 Å². The van der Waals surface area contributed by atoms with Crippen molar-refractivity contribution in [1.29, 1.82) is 0 Å². The molecule has 0 unspecified atom stereocenters. The average molecular weight is 372 g/mol. The zero-order valence-corrected chi connectivity index (χ0v) is 13.9. The highest BCUT2D eigenvalue weighted by atomic mass is 79.9. The van der Waals surface area contributed by atoms with Gasteiger partial charge in [0.2, 0.25) is 11.8 Å². The van der Waals surface area contributed by atoms with Crippen LogP contribution in [0.3, 0.4) is 0 Å². The molecule has 0 aromatic heterocycles. The first-order chi connectivity index (χ1) is 10.4. The van der Waals surface area contributed by atoms with Crippen LogP contribution in [-0.2, 0) is 9.59 Å². The Kier molecular flexibility index (Phi) is 5.52. The maximum absolute atomic E-state index is 13.7. The first-order valence-corrected chi connectivity index (χ1v) is 7.97. The molecule has 1 aromatic carbocycles. The lowest BCUT2D eigenvalue weighted by molar-refractivity contribution is -0.124. The van der Waals surface area contributed by atoms with Crippen LogP contribution >= 0.6 is 15.9 Å². The molecule has 1 heterocycles.